The molecule has 1 aromatic carbocycles. The van der Waals surface area contributed by atoms with Gasteiger partial charge >= 0.3 is 7.12 Å². The van der Waals surface area contributed by atoms with E-state index in [4.69, 9.17) is 9.31 Å². The number of rotatable bonds is 2. The van der Waals surface area contributed by atoms with Crippen LogP contribution in [0.1, 0.15) is 38.8 Å². The van der Waals surface area contributed by atoms with Crippen LogP contribution in [0.3, 0.4) is 0 Å². The van der Waals surface area contributed by atoms with Crippen molar-refractivity contribution in [2.75, 3.05) is 0 Å². The lowest BCUT2D eigenvalue weighted by Gasteiger charge is -2.32. The molecule has 1 heterocycles. The van der Waals surface area contributed by atoms with Crippen molar-refractivity contribution >= 4 is 28.5 Å². The van der Waals surface area contributed by atoms with E-state index in [0.717, 1.165) is 10.8 Å². The lowest BCUT2D eigenvalue weighted by atomic mass is 9.76. The summed E-state index contributed by atoms with van der Waals surface area (Å²) in [5, 5.41) is 0.814. The molecule has 18 heavy (non-hydrogen) atoms. The monoisotopic (exact) mass is 310 g/mol. The Morgan fingerprint density at radius 1 is 1.11 bits per heavy atom. The number of aryl methyl sites for hydroxylation is 1. The highest BCUT2D eigenvalue weighted by molar-refractivity contribution is 9.08. The van der Waals surface area contributed by atoms with E-state index in [-0.39, 0.29) is 18.3 Å². The quantitative estimate of drug-likeness (QED) is 0.617. The molecule has 1 fully saturated rings. The predicted molar refractivity (Wildman–Crippen MR) is 79.5 cm³/mol. The molecule has 1 aliphatic rings. The Morgan fingerprint density at radius 3 is 2.17 bits per heavy atom. The van der Waals surface area contributed by atoms with Crippen LogP contribution in [-0.2, 0) is 14.6 Å². The first-order valence-corrected chi connectivity index (χ1v) is 7.40. The van der Waals surface area contributed by atoms with Crippen molar-refractivity contribution in [3.63, 3.8) is 0 Å². The van der Waals surface area contributed by atoms with Crippen molar-refractivity contribution in [2.24, 2.45) is 0 Å². The van der Waals surface area contributed by atoms with Crippen molar-refractivity contribution in [2.45, 2.75) is 51.2 Å². The Bertz CT molecular complexity index is 441. The Balaban J connectivity index is 2.35. The fraction of sp³-hybridized carbons (Fsp3) is 0.571. The van der Waals surface area contributed by atoms with Gasteiger partial charge in [0.15, 0.2) is 0 Å². The molecule has 0 saturated carbocycles. The number of hydrogen-bond donors (Lipinski definition) is 0. The highest BCUT2D eigenvalue weighted by Gasteiger charge is 2.52. The van der Waals surface area contributed by atoms with E-state index in [1.165, 1.54) is 11.1 Å². The molecule has 1 aliphatic heterocycles. The van der Waals surface area contributed by atoms with E-state index in [9.17, 15) is 0 Å². The first kappa shape index (κ1) is 14.1. The molecule has 0 N–H and O–H groups in total. The summed E-state index contributed by atoms with van der Waals surface area (Å²) in [6.07, 6.45) is 0. The molecule has 1 saturated heterocycles. The van der Waals surface area contributed by atoms with Gasteiger partial charge in [-0.3, -0.25) is 0 Å². The second-order valence-electron chi connectivity index (χ2n) is 5.92. The maximum Gasteiger partial charge on any atom is 0.495 e. The molecule has 0 amide bonds. The third kappa shape index (κ3) is 2.38. The molecule has 4 heteroatoms. The average Bonchev–Trinajstić information content (AvgIpc) is 2.47. The molecular formula is C14H20BBrO2. The third-order valence-electron chi connectivity index (χ3n) is 3.95. The number of benzene rings is 1. The van der Waals surface area contributed by atoms with Crippen LogP contribution in [0.5, 0.6) is 0 Å². The first-order chi connectivity index (χ1) is 8.27. The molecule has 98 valence electrons. The van der Waals surface area contributed by atoms with Crippen molar-refractivity contribution in [3.8, 4) is 0 Å². The second-order valence-corrected chi connectivity index (χ2v) is 6.48. The summed E-state index contributed by atoms with van der Waals surface area (Å²) in [5.41, 5.74) is 3.03. The van der Waals surface area contributed by atoms with E-state index >= 15 is 0 Å². The van der Waals surface area contributed by atoms with Crippen LogP contribution in [0.4, 0.5) is 0 Å². The van der Waals surface area contributed by atoms with Gasteiger partial charge in [-0.25, -0.2) is 0 Å². The van der Waals surface area contributed by atoms with Crippen molar-refractivity contribution in [3.05, 3.63) is 29.3 Å². The Kier molecular flexibility index (Phi) is 3.65. The molecule has 0 atom stereocenters. The maximum atomic E-state index is 6.09. The van der Waals surface area contributed by atoms with Crippen LogP contribution in [0, 0.1) is 6.92 Å². The zero-order valence-electron chi connectivity index (χ0n) is 11.7. The van der Waals surface area contributed by atoms with E-state index in [2.05, 4.69) is 68.7 Å². The topological polar surface area (TPSA) is 18.5 Å². The summed E-state index contributed by atoms with van der Waals surface area (Å²) in [7, 11) is -0.275. The summed E-state index contributed by atoms with van der Waals surface area (Å²) < 4.78 is 12.2. The number of alkyl halides is 1. The van der Waals surface area contributed by atoms with Gasteiger partial charge in [-0.05, 0) is 45.6 Å². The Labute approximate surface area is 118 Å². The number of halogens is 1. The predicted octanol–water partition coefficient (Wildman–Crippen LogP) is 3.19. The van der Waals surface area contributed by atoms with Gasteiger partial charge in [0, 0.05) is 5.33 Å². The van der Waals surface area contributed by atoms with E-state index in [1.54, 1.807) is 0 Å². The number of hydrogen-bond acceptors (Lipinski definition) is 2. The summed E-state index contributed by atoms with van der Waals surface area (Å²) >= 11 is 3.54. The van der Waals surface area contributed by atoms with Crippen LogP contribution in [0.25, 0.3) is 0 Å². The van der Waals surface area contributed by atoms with Crippen molar-refractivity contribution in [1.82, 2.24) is 0 Å². The van der Waals surface area contributed by atoms with Crippen LogP contribution in [-0.4, -0.2) is 18.3 Å². The van der Waals surface area contributed by atoms with Crippen molar-refractivity contribution < 1.29 is 9.31 Å². The summed E-state index contributed by atoms with van der Waals surface area (Å²) in [6, 6.07) is 6.38. The molecular weight excluding hydrogens is 291 g/mol. The molecule has 0 aliphatic carbocycles. The molecule has 0 unspecified atom stereocenters. The SMILES string of the molecule is Cc1ccc(B2OC(C)(C)C(C)(C)O2)c(CBr)c1. The van der Waals surface area contributed by atoms with Gasteiger partial charge in [0.1, 0.15) is 0 Å². The summed E-state index contributed by atoms with van der Waals surface area (Å²) in [6.45, 7) is 10.4. The molecule has 0 radical (unpaired) electrons. The normalized spacial score (nSPS) is 21.3. The smallest absolute Gasteiger partial charge is 0.399 e. The second kappa shape index (κ2) is 4.66. The average molecular weight is 311 g/mol. The summed E-state index contributed by atoms with van der Waals surface area (Å²) in [4.78, 5) is 0. The first-order valence-electron chi connectivity index (χ1n) is 6.28. The van der Waals surface area contributed by atoms with Crippen molar-refractivity contribution in [1.29, 1.82) is 0 Å². The van der Waals surface area contributed by atoms with Crippen LogP contribution >= 0.6 is 15.9 Å². The van der Waals surface area contributed by atoms with Gasteiger partial charge in [0.05, 0.1) is 11.2 Å². The zero-order valence-corrected chi connectivity index (χ0v) is 13.3. The van der Waals surface area contributed by atoms with Gasteiger partial charge in [0.25, 0.3) is 0 Å². The standard InChI is InChI=1S/C14H20BBrO2/c1-10-6-7-12(11(8-10)9-16)15-17-13(2,3)14(4,5)18-15/h6-8H,9H2,1-5H3. The van der Waals surface area contributed by atoms with E-state index < -0.39 is 0 Å². The fourth-order valence-corrected chi connectivity index (χ4v) is 2.54. The van der Waals surface area contributed by atoms with Gasteiger partial charge in [-0.15, -0.1) is 0 Å². The maximum absolute atomic E-state index is 6.09. The van der Waals surface area contributed by atoms with Gasteiger partial charge in [-0.1, -0.05) is 39.7 Å². The Morgan fingerprint density at radius 2 is 1.67 bits per heavy atom. The minimum absolute atomic E-state index is 0.275. The molecule has 0 bridgehead atoms. The van der Waals surface area contributed by atoms with Crippen LogP contribution < -0.4 is 5.46 Å². The highest BCUT2D eigenvalue weighted by atomic mass is 79.9. The molecule has 2 rings (SSSR count). The largest absolute Gasteiger partial charge is 0.495 e. The van der Waals surface area contributed by atoms with Gasteiger partial charge < -0.3 is 9.31 Å². The lowest BCUT2D eigenvalue weighted by Crippen LogP contribution is -2.41. The Hall–Kier alpha value is -0.315. The third-order valence-corrected chi connectivity index (χ3v) is 4.55. The van der Waals surface area contributed by atoms with Crippen LogP contribution in [0.2, 0.25) is 0 Å². The molecule has 1 aromatic rings. The summed E-state index contributed by atoms with van der Waals surface area (Å²) in [5.74, 6) is 0. The lowest BCUT2D eigenvalue weighted by molar-refractivity contribution is 0.00578. The molecule has 0 spiro atoms. The van der Waals surface area contributed by atoms with Gasteiger partial charge in [-0.2, -0.15) is 0 Å². The van der Waals surface area contributed by atoms with E-state index in [0.29, 0.717) is 0 Å². The van der Waals surface area contributed by atoms with Gasteiger partial charge in [0.2, 0.25) is 0 Å². The minimum atomic E-state index is -0.286. The molecule has 2 nitrogen and oxygen atoms in total. The van der Waals surface area contributed by atoms with Crippen LogP contribution in [0.15, 0.2) is 18.2 Å². The zero-order chi connectivity index (χ0) is 13.6. The molecule has 0 aromatic heterocycles. The highest BCUT2D eigenvalue weighted by Crippen LogP contribution is 2.36. The fourth-order valence-electron chi connectivity index (χ4n) is 2.05. The minimum Gasteiger partial charge on any atom is -0.399 e. The van der Waals surface area contributed by atoms with E-state index in [1.807, 2.05) is 0 Å².